The number of hydrogen-bond acceptors (Lipinski definition) is 5. The number of benzene rings is 2. The summed E-state index contributed by atoms with van der Waals surface area (Å²) in [4.78, 5) is 14.5. The van der Waals surface area contributed by atoms with Crippen molar-refractivity contribution in [2.24, 2.45) is 0 Å². The highest BCUT2D eigenvalue weighted by Gasteiger charge is 2.12. The van der Waals surface area contributed by atoms with Crippen LogP contribution in [0.25, 0.3) is 6.08 Å². The first-order chi connectivity index (χ1) is 12.0. The number of ketones is 1. The van der Waals surface area contributed by atoms with Crippen LogP contribution in [0.1, 0.15) is 15.9 Å². The molecule has 5 nitrogen and oxygen atoms in total. The Morgan fingerprint density at radius 3 is 2.44 bits per heavy atom. The molecule has 0 atom stereocenters. The van der Waals surface area contributed by atoms with E-state index in [4.69, 9.17) is 16.3 Å². The number of morpholine rings is 1. The summed E-state index contributed by atoms with van der Waals surface area (Å²) in [5.74, 6) is -0.851. The molecule has 1 heterocycles. The maximum Gasteiger partial charge on any atom is 0.185 e. The van der Waals surface area contributed by atoms with E-state index in [-0.39, 0.29) is 22.3 Å². The Morgan fingerprint density at radius 1 is 1.12 bits per heavy atom. The van der Waals surface area contributed by atoms with Crippen LogP contribution in [0.3, 0.4) is 0 Å². The molecule has 3 rings (SSSR count). The average Bonchev–Trinajstić information content (AvgIpc) is 2.65. The lowest BCUT2D eigenvalue weighted by Crippen LogP contribution is -2.36. The summed E-state index contributed by atoms with van der Waals surface area (Å²) < 4.78 is 5.33. The van der Waals surface area contributed by atoms with Crippen molar-refractivity contribution in [2.75, 3.05) is 31.2 Å². The Bertz CT molecular complexity index is 773. The number of nitrogens with zero attached hydrogens (tertiary/aromatic N) is 1. The van der Waals surface area contributed by atoms with Crippen molar-refractivity contribution in [1.82, 2.24) is 0 Å². The summed E-state index contributed by atoms with van der Waals surface area (Å²) in [6, 6.07) is 10.2. The first-order valence-corrected chi connectivity index (χ1v) is 8.29. The monoisotopic (exact) mass is 359 g/mol. The van der Waals surface area contributed by atoms with E-state index in [1.54, 1.807) is 18.2 Å². The predicted molar refractivity (Wildman–Crippen MR) is 97.6 cm³/mol. The first kappa shape index (κ1) is 17.3. The van der Waals surface area contributed by atoms with Gasteiger partial charge in [0.05, 0.1) is 18.2 Å². The normalized spacial score (nSPS) is 14.8. The lowest BCUT2D eigenvalue weighted by Gasteiger charge is -2.28. The van der Waals surface area contributed by atoms with Crippen LogP contribution in [0, 0.1) is 0 Å². The van der Waals surface area contributed by atoms with E-state index in [1.165, 1.54) is 18.2 Å². The number of hydrogen-bond donors (Lipinski definition) is 2. The SMILES string of the molecule is O=C(/C=C/c1cc(O)c(O)c(Cl)c1)c1ccc(N2CCOCC2)cc1. The van der Waals surface area contributed by atoms with Gasteiger partial charge in [0.15, 0.2) is 17.3 Å². The number of phenolic OH excluding ortho intramolecular Hbond substituents is 2. The second-order valence-corrected chi connectivity index (χ2v) is 6.12. The molecule has 2 aromatic carbocycles. The summed E-state index contributed by atoms with van der Waals surface area (Å²) in [7, 11) is 0. The minimum absolute atomic E-state index is 0.0296. The van der Waals surface area contributed by atoms with Crippen molar-refractivity contribution in [2.45, 2.75) is 0 Å². The summed E-state index contributed by atoms with van der Waals surface area (Å²) in [6.45, 7) is 3.12. The van der Waals surface area contributed by atoms with Crippen LogP contribution in [0.15, 0.2) is 42.5 Å². The number of rotatable bonds is 4. The number of aromatic hydroxyl groups is 2. The van der Waals surface area contributed by atoms with E-state index in [1.807, 2.05) is 12.1 Å². The van der Waals surface area contributed by atoms with Gasteiger partial charge in [0.25, 0.3) is 0 Å². The van der Waals surface area contributed by atoms with Crippen molar-refractivity contribution in [1.29, 1.82) is 0 Å². The van der Waals surface area contributed by atoms with Gasteiger partial charge in [0, 0.05) is 24.3 Å². The summed E-state index contributed by atoms with van der Waals surface area (Å²) in [6.07, 6.45) is 2.95. The maximum absolute atomic E-state index is 12.3. The average molecular weight is 360 g/mol. The number of carbonyl (C=O) groups is 1. The van der Waals surface area contributed by atoms with Crippen LogP contribution < -0.4 is 4.90 Å². The molecule has 2 aromatic rings. The molecule has 0 radical (unpaired) electrons. The lowest BCUT2D eigenvalue weighted by atomic mass is 10.1. The summed E-state index contributed by atoms with van der Waals surface area (Å²) in [5, 5.41) is 19.0. The molecule has 0 unspecified atom stereocenters. The number of phenols is 2. The molecule has 0 aromatic heterocycles. The lowest BCUT2D eigenvalue weighted by molar-refractivity contribution is 0.104. The Hall–Kier alpha value is -2.50. The Labute approximate surface area is 150 Å². The molecular weight excluding hydrogens is 342 g/mol. The van der Waals surface area contributed by atoms with E-state index in [0.29, 0.717) is 24.3 Å². The Morgan fingerprint density at radius 2 is 1.80 bits per heavy atom. The topological polar surface area (TPSA) is 70.0 Å². The molecule has 130 valence electrons. The zero-order valence-electron chi connectivity index (χ0n) is 13.5. The molecule has 2 N–H and O–H groups in total. The molecule has 1 aliphatic heterocycles. The van der Waals surface area contributed by atoms with Gasteiger partial charge in [-0.2, -0.15) is 0 Å². The predicted octanol–water partition coefficient (Wildman–Crippen LogP) is 3.48. The van der Waals surface area contributed by atoms with Gasteiger partial charge < -0.3 is 19.8 Å². The van der Waals surface area contributed by atoms with Gasteiger partial charge in [0.2, 0.25) is 0 Å². The highest BCUT2D eigenvalue weighted by atomic mass is 35.5. The molecule has 1 aliphatic rings. The number of halogens is 1. The summed E-state index contributed by atoms with van der Waals surface area (Å²) in [5.41, 5.74) is 2.17. The Balaban J connectivity index is 1.70. The number of carbonyl (C=O) groups excluding carboxylic acids is 1. The van der Waals surface area contributed by atoms with Crippen LogP contribution in [0.5, 0.6) is 11.5 Å². The fourth-order valence-electron chi connectivity index (χ4n) is 2.63. The molecule has 1 fully saturated rings. The highest BCUT2D eigenvalue weighted by molar-refractivity contribution is 6.32. The zero-order chi connectivity index (χ0) is 17.8. The quantitative estimate of drug-likeness (QED) is 0.497. The van der Waals surface area contributed by atoms with E-state index in [0.717, 1.165) is 18.8 Å². The van der Waals surface area contributed by atoms with Gasteiger partial charge in [0.1, 0.15) is 0 Å². The van der Waals surface area contributed by atoms with E-state index >= 15 is 0 Å². The van der Waals surface area contributed by atoms with Crippen molar-refractivity contribution in [3.05, 3.63) is 58.6 Å². The van der Waals surface area contributed by atoms with E-state index in [2.05, 4.69) is 4.90 Å². The minimum Gasteiger partial charge on any atom is -0.504 e. The second kappa shape index (κ2) is 7.59. The third-order valence-corrected chi connectivity index (χ3v) is 4.31. The number of allylic oxidation sites excluding steroid dienone is 1. The van der Waals surface area contributed by atoms with Gasteiger partial charge in [-0.3, -0.25) is 4.79 Å². The summed E-state index contributed by atoms with van der Waals surface area (Å²) >= 11 is 5.80. The molecule has 0 spiro atoms. The fraction of sp³-hybridized carbons (Fsp3) is 0.211. The first-order valence-electron chi connectivity index (χ1n) is 7.91. The van der Waals surface area contributed by atoms with Crippen LogP contribution in [-0.4, -0.2) is 42.3 Å². The molecule has 0 aliphatic carbocycles. The van der Waals surface area contributed by atoms with Crippen LogP contribution in [0.2, 0.25) is 5.02 Å². The van der Waals surface area contributed by atoms with Gasteiger partial charge >= 0.3 is 0 Å². The van der Waals surface area contributed by atoms with Crippen molar-refractivity contribution in [3.63, 3.8) is 0 Å². The molecule has 1 saturated heterocycles. The smallest absolute Gasteiger partial charge is 0.185 e. The molecule has 0 bridgehead atoms. The number of anilines is 1. The fourth-order valence-corrected chi connectivity index (χ4v) is 2.85. The highest BCUT2D eigenvalue weighted by Crippen LogP contribution is 2.34. The zero-order valence-corrected chi connectivity index (χ0v) is 14.2. The molecular formula is C19H18ClNO4. The van der Waals surface area contributed by atoms with Gasteiger partial charge in [-0.15, -0.1) is 0 Å². The van der Waals surface area contributed by atoms with Crippen LogP contribution >= 0.6 is 11.6 Å². The van der Waals surface area contributed by atoms with E-state index in [9.17, 15) is 15.0 Å². The van der Waals surface area contributed by atoms with Gasteiger partial charge in [-0.25, -0.2) is 0 Å². The van der Waals surface area contributed by atoms with Crippen molar-refractivity contribution >= 4 is 29.1 Å². The van der Waals surface area contributed by atoms with Crippen molar-refractivity contribution in [3.8, 4) is 11.5 Å². The third-order valence-electron chi connectivity index (χ3n) is 4.02. The molecule has 6 heteroatoms. The standard InChI is InChI=1S/C19H18ClNO4/c20-16-11-13(12-18(23)19(16)24)1-6-17(22)14-2-4-15(5-3-14)21-7-9-25-10-8-21/h1-6,11-12,23-24H,7-10H2/b6-1+. The van der Waals surface area contributed by atoms with Crippen molar-refractivity contribution < 1.29 is 19.7 Å². The second-order valence-electron chi connectivity index (χ2n) is 5.71. The van der Waals surface area contributed by atoms with Crippen LogP contribution in [-0.2, 0) is 4.74 Å². The van der Waals surface area contributed by atoms with Gasteiger partial charge in [-0.05, 0) is 48.0 Å². The maximum atomic E-state index is 12.3. The molecule has 0 amide bonds. The third kappa shape index (κ3) is 4.13. The van der Waals surface area contributed by atoms with E-state index < -0.39 is 0 Å². The van der Waals surface area contributed by atoms with Crippen LogP contribution in [0.4, 0.5) is 5.69 Å². The molecule has 0 saturated carbocycles. The minimum atomic E-state index is -0.371. The number of ether oxygens (including phenoxy) is 1. The van der Waals surface area contributed by atoms with Gasteiger partial charge in [-0.1, -0.05) is 17.7 Å². The Kier molecular flexibility index (Phi) is 5.26. The molecule has 25 heavy (non-hydrogen) atoms. The largest absolute Gasteiger partial charge is 0.504 e.